The molecule has 0 saturated carbocycles. The molecule has 2 heterocycles. The van der Waals surface area contributed by atoms with Crippen molar-refractivity contribution in [2.24, 2.45) is 0 Å². The fourth-order valence-electron chi connectivity index (χ4n) is 4.20. The van der Waals surface area contributed by atoms with E-state index in [1.807, 2.05) is 6.92 Å². The molecule has 2 atom stereocenters. The number of thiazole rings is 1. The van der Waals surface area contributed by atoms with Gasteiger partial charge in [-0.1, -0.05) is 35.1 Å². The molecule has 1 aliphatic rings. The Balaban J connectivity index is 1.39. The number of nitrogens with zero attached hydrogens (tertiary/aromatic N) is 3. The van der Waals surface area contributed by atoms with Crippen molar-refractivity contribution in [1.29, 1.82) is 0 Å². The standard InChI is InChI=1S/C26H27ClFN3O5S/c1-15-12-31(16(2)11-30(15)13-18-4-7-20(28)8-5-18)23(32)14-35-21-9-6-19(27)10-22(21)36-26-29-17(3)24(37-26)25(33)34/h4-10,15-16H,11-14H2,1-3H3,(H,33,34). The number of carboxylic acid groups (broad SMARTS) is 1. The molecule has 1 N–H and O–H groups in total. The predicted octanol–water partition coefficient (Wildman–Crippen LogP) is 5.23. The zero-order valence-electron chi connectivity index (χ0n) is 20.6. The molecule has 0 spiro atoms. The number of aromatic nitrogens is 1. The van der Waals surface area contributed by atoms with Crippen molar-refractivity contribution < 1.29 is 28.6 Å². The molecule has 196 valence electrons. The van der Waals surface area contributed by atoms with Crippen LogP contribution in [0.25, 0.3) is 0 Å². The van der Waals surface area contributed by atoms with Gasteiger partial charge in [0.05, 0.1) is 5.69 Å². The SMILES string of the molecule is Cc1nc(Oc2cc(Cl)ccc2OCC(=O)N2CC(C)N(Cc3ccc(F)cc3)CC2C)sc1C(=O)O. The Morgan fingerprint density at radius 2 is 1.86 bits per heavy atom. The summed E-state index contributed by atoms with van der Waals surface area (Å²) in [6, 6.07) is 11.3. The lowest BCUT2D eigenvalue weighted by atomic mass is 10.1. The number of amides is 1. The third-order valence-corrected chi connectivity index (χ3v) is 7.42. The highest BCUT2D eigenvalue weighted by molar-refractivity contribution is 7.15. The van der Waals surface area contributed by atoms with E-state index >= 15 is 0 Å². The topological polar surface area (TPSA) is 92.2 Å². The van der Waals surface area contributed by atoms with Gasteiger partial charge in [0.1, 0.15) is 10.7 Å². The number of piperazine rings is 1. The second-order valence-corrected chi connectivity index (χ2v) is 10.4. The fourth-order valence-corrected chi connectivity index (χ4v) is 5.13. The van der Waals surface area contributed by atoms with Crippen molar-refractivity contribution in [3.8, 4) is 16.7 Å². The number of rotatable bonds is 8. The zero-order valence-corrected chi connectivity index (χ0v) is 22.2. The lowest BCUT2D eigenvalue weighted by Crippen LogP contribution is -2.58. The molecule has 3 aromatic rings. The van der Waals surface area contributed by atoms with Crippen LogP contribution in [0.1, 0.15) is 34.8 Å². The van der Waals surface area contributed by atoms with E-state index < -0.39 is 5.97 Å². The van der Waals surface area contributed by atoms with E-state index in [4.69, 9.17) is 21.1 Å². The summed E-state index contributed by atoms with van der Waals surface area (Å²) in [4.78, 5) is 32.7. The second-order valence-electron chi connectivity index (χ2n) is 8.98. The Morgan fingerprint density at radius 1 is 1.14 bits per heavy atom. The van der Waals surface area contributed by atoms with Crippen molar-refractivity contribution in [2.45, 2.75) is 39.4 Å². The Labute approximate surface area is 223 Å². The first-order valence-corrected chi connectivity index (χ1v) is 12.9. The summed E-state index contributed by atoms with van der Waals surface area (Å²) in [5, 5.41) is 9.78. The minimum Gasteiger partial charge on any atom is -0.480 e. The van der Waals surface area contributed by atoms with Gasteiger partial charge in [-0.3, -0.25) is 9.69 Å². The summed E-state index contributed by atoms with van der Waals surface area (Å²) in [5.41, 5.74) is 1.36. The van der Waals surface area contributed by atoms with E-state index in [0.717, 1.165) is 16.9 Å². The second kappa shape index (κ2) is 11.5. The van der Waals surface area contributed by atoms with Gasteiger partial charge in [-0.15, -0.1) is 0 Å². The summed E-state index contributed by atoms with van der Waals surface area (Å²) in [5.74, 6) is -0.990. The van der Waals surface area contributed by atoms with E-state index in [0.29, 0.717) is 30.4 Å². The van der Waals surface area contributed by atoms with E-state index in [2.05, 4.69) is 16.8 Å². The molecule has 1 fully saturated rings. The minimum absolute atomic E-state index is 0.0404. The molecule has 8 nitrogen and oxygen atoms in total. The molecule has 2 unspecified atom stereocenters. The lowest BCUT2D eigenvalue weighted by molar-refractivity contribution is -0.139. The van der Waals surface area contributed by atoms with Gasteiger partial charge in [-0.25, -0.2) is 14.2 Å². The smallest absolute Gasteiger partial charge is 0.347 e. The molecule has 0 aliphatic carbocycles. The maximum absolute atomic E-state index is 13.2. The van der Waals surface area contributed by atoms with Crippen LogP contribution in [0.2, 0.25) is 5.02 Å². The van der Waals surface area contributed by atoms with Crippen LogP contribution < -0.4 is 9.47 Å². The highest BCUT2D eigenvalue weighted by Crippen LogP contribution is 2.36. The van der Waals surface area contributed by atoms with Crippen LogP contribution in [0.4, 0.5) is 4.39 Å². The molecule has 1 aliphatic heterocycles. The van der Waals surface area contributed by atoms with Crippen LogP contribution in [0.15, 0.2) is 42.5 Å². The number of hydrogen-bond donors (Lipinski definition) is 1. The number of carbonyl (C=O) groups is 2. The number of hydrogen-bond acceptors (Lipinski definition) is 7. The van der Waals surface area contributed by atoms with Crippen LogP contribution in [-0.4, -0.2) is 63.5 Å². The molecule has 37 heavy (non-hydrogen) atoms. The third kappa shape index (κ3) is 6.57. The highest BCUT2D eigenvalue weighted by Gasteiger charge is 2.32. The first kappa shape index (κ1) is 26.8. The van der Waals surface area contributed by atoms with Gasteiger partial charge in [0.2, 0.25) is 0 Å². The average Bonchev–Trinajstić information content (AvgIpc) is 3.22. The number of ether oxygens (including phenoxy) is 2. The van der Waals surface area contributed by atoms with Gasteiger partial charge in [-0.2, -0.15) is 0 Å². The minimum atomic E-state index is -1.08. The van der Waals surface area contributed by atoms with Crippen molar-refractivity contribution in [3.05, 3.63) is 69.4 Å². The van der Waals surface area contributed by atoms with Crippen molar-refractivity contribution in [2.75, 3.05) is 19.7 Å². The Hall–Kier alpha value is -3.21. The Bertz CT molecular complexity index is 1290. The third-order valence-electron chi connectivity index (χ3n) is 6.16. The number of carbonyl (C=O) groups excluding carboxylic acids is 1. The molecule has 2 aromatic carbocycles. The van der Waals surface area contributed by atoms with Gasteiger partial charge >= 0.3 is 5.97 Å². The molecule has 1 aromatic heterocycles. The molecule has 1 saturated heterocycles. The molecule has 0 bridgehead atoms. The van der Waals surface area contributed by atoms with Crippen molar-refractivity contribution >= 4 is 34.8 Å². The fraction of sp³-hybridized carbons (Fsp3) is 0.346. The van der Waals surface area contributed by atoms with Crippen molar-refractivity contribution in [3.63, 3.8) is 0 Å². The highest BCUT2D eigenvalue weighted by atomic mass is 35.5. The summed E-state index contributed by atoms with van der Waals surface area (Å²) >= 11 is 7.02. The molecule has 4 rings (SSSR count). The summed E-state index contributed by atoms with van der Waals surface area (Å²) in [6.45, 7) is 7.31. The maximum Gasteiger partial charge on any atom is 0.347 e. The first-order chi connectivity index (χ1) is 17.6. The van der Waals surface area contributed by atoms with E-state index in [1.165, 1.54) is 18.2 Å². The van der Waals surface area contributed by atoms with Crippen LogP contribution >= 0.6 is 22.9 Å². The van der Waals surface area contributed by atoms with E-state index in [1.54, 1.807) is 36.1 Å². The molecular weight excluding hydrogens is 521 g/mol. The van der Waals surface area contributed by atoms with Crippen LogP contribution in [0.3, 0.4) is 0 Å². The summed E-state index contributed by atoms with van der Waals surface area (Å²) in [6.07, 6.45) is 0. The van der Waals surface area contributed by atoms with Crippen LogP contribution in [-0.2, 0) is 11.3 Å². The number of halogens is 2. The Kier molecular flexibility index (Phi) is 8.31. The Morgan fingerprint density at radius 3 is 2.54 bits per heavy atom. The summed E-state index contributed by atoms with van der Waals surface area (Å²) in [7, 11) is 0. The monoisotopic (exact) mass is 547 g/mol. The molecule has 1 amide bonds. The average molecular weight is 548 g/mol. The van der Waals surface area contributed by atoms with Crippen molar-refractivity contribution in [1.82, 2.24) is 14.8 Å². The van der Waals surface area contributed by atoms with Crippen LogP contribution in [0.5, 0.6) is 16.7 Å². The molecular formula is C26H27ClFN3O5S. The summed E-state index contributed by atoms with van der Waals surface area (Å²) < 4.78 is 24.8. The van der Waals surface area contributed by atoms with E-state index in [-0.39, 0.29) is 52.0 Å². The predicted molar refractivity (Wildman–Crippen MR) is 138 cm³/mol. The van der Waals surface area contributed by atoms with E-state index in [9.17, 15) is 19.1 Å². The van der Waals surface area contributed by atoms with Gasteiger partial charge in [0, 0.05) is 42.8 Å². The zero-order chi connectivity index (χ0) is 26.7. The molecule has 11 heteroatoms. The maximum atomic E-state index is 13.2. The number of aryl methyl sites for hydroxylation is 1. The van der Waals surface area contributed by atoms with Gasteiger partial charge in [0.15, 0.2) is 18.1 Å². The van der Waals surface area contributed by atoms with Gasteiger partial charge < -0.3 is 19.5 Å². The largest absolute Gasteiger partial charge is 0.480 e. The van der Waals surface area contributed by atoms with Gasteiger partial charge in [0.25, 0.3) is 11.1 Å². The first-order valence-electron chi connectivity index (χ1n) is 11.7. The van der Waals surface area contributed by atoms with Gasteiger partial charge in [-0.05, 0) is 50.6 Å². The quantitative estimate of drug-likeness (QED) is 0.412. The lowest BCUT2D eigenvalue weighted by Gasteiger charge is -2.44. The molecule has 0 radical (unpaired) electrons. The number of aromatic carboxylic acids is 1. The number of benzene rings is 2. The number of carboxylic acids is 1. The normalized spacial score (nSPS) is 18.0. The van der Waals surface area contributed by atoms with Crippen LogP contribution in [0, 0.1) is 12.7 Å².